The molecule has 152 valence electrons. The Labute approximate surface area is 163 Å². The summed E-state index contributed by atoms with van der Waals surface area (Å²) >= 11 is 0. The van der Waals surface area contributed by atoms with Crippen LogP contribution in [0, 0.1) is 0 Å². The normalized spacial score (nSPS) is 12.7. The van der Waals surface area contributed by atoms with E-state index in [1.54, 1.807) is 6.07 Å². The molecule has 0 saturated heterocycles. The first-order valence-electron chi connectivity index (χ1n) is 8.52. The summed E-state index contributed by atoms with van der Waals surface area (Å²) < 4.78 is 43.9. The largest absolute Gasteiger partial charge is 0.443 e. The molecule has 0 aliphatic heterocycles. The number of nitrogens with one attached hydrogen (secondary N) is 1. The highest BCUT2D eigenvalue weighted by molar-refractivity contribution is 5.94. The molecule has 9 heteroatoms. The second-order valence-corrected chi connectivity index (χ2v) is 6.22. The summed E-state index contributed by atoms with van der Waals surface area (Å²) in [7, 11) is 0. The van der Waals surface area contributed by atoms with Crippen LogP contribution in [0.5, 0.6) is 0 Å². The van der Waals surface area contributed by atoms with Crippen molar-refractivity contribution in [3.8, 4) is 11.1 Å². The first kappa shape index (κ1) is 20.6. The van der Waals surface area contributed by atoms with Crippen molar-refractivity contribution in [3.05, 3.63) is 66.1 Å². The highest BCUT2D eigenvalue weighted by Gasteiger charge is 2.30. The van der Waals surface area contributed by atoms with Crippen LogP contribution in [0.2, 0.25) is 0 Å². The monoisotopic (exact) mass is 406 g/mol. The molecule has 0 saturated carbocycles. The molecule has 3 aromatic rings. The van der Waals surface area contributed by atoms with Crippen LogP contribution in [0.25, 0.3) is 22.2 Å². The van der Waals surface area contributed by atoms with Crippen molar-refractivity contribution in [2.45, 2.75) is 18.8 Å². The fourth-order valence-corrected chi connectivity index (χ4v) is 3.01. The fraction of sp³-hybridized carbons (Fsp3) is 0.200. The molecule has 0 spiro atoms. The van der Waals surface area contributed by atoms with E-state index in [0.717, 1.165) is 24.6 Å². The van der Waals surface area contributed by atoms with Gasteiger partial charge in [0.1, 0.15) is 11.6 Å². The topological polar surface area (TPSA) is 95.6 Å². The highest BCUT2D eigenvalue weighted by atomic mass is 19.4. The molecule has 1 amide bonds. The third kappa shape index (κ3) is 4.15. The van der Waals surface area contributed by atoms with Crippen molar-refractivity contribution in [2.24, 2.45) is 0 Å². The van der Waals surface area contributed by atoms with Crippen molar-refractivity contribution in [1.82, 2.24) is 10.3 Å². The predicted molar refractivity (Wildman–Crippen MR) is 98.5 cm³/mol. The lowest BCUT2D eigenvalue weighted by molar-refractivity contribution is -0.137. The number of rotatable bonds is 6. The minimum Gasteiger partial charge on any atom is -0.443 e. The maximum Gasteiger partial charge on any atom is 0.416 e. The average Bonchev–Trinajstić information content (AvgIpc) is 3.19. The Balaban J connectivity index is 2.16. The number of aliphatic hydroxyl groups excluding tert-OH is 2. The van der Waals surface area contributed by atoms with Crippen molar-refractivity contribution in [1.29, 1.82) is 0 Å². The van der Waals surface area contributed by atoms with E-state index in [0.29, 0.717) is 22.2 Å². The number of alkyl halides is 3. The number of halogens is 3. The number of amides is 1. The summed E-state index contributed by atoms with van der Waals surface area (Å²) in [6.07, 6.45) is -3.55. The van der Waals surface area contributed by atoms with Gasteiger partial charge in [-0.1, -0.05) is 18.7 Å². The molecule has 6 nitrogen and oxygen atoms in total. The molecular weight excluding hydrogens is 389 g/mol. The Morgan fingerprint density at radius 1 is 1.31 bits per heavy atom. The van der Waals surface area contributed by atoms with Crippen LogP contribution < -0.4 is 5.32 Å². The van der Waals surface area contributed by atoms with E-state index < -0.39 is 30.4 Å². The maximum absolute atomic E-state index is 12.9. The lowest BCUT2D eigenvalue weighted by Crippen LogP contribution is -2.22. The van der Waals surface area contributed by atoms with Crippen molar-refractivity contribution >= 4 is 17.0 Å². The van der Waals surface area contributed by atoms with Crippen LogP contribution >= 0.6 is 0 Å². The van der Waals surface area contributed by atoms with Gasteiger partial charge in [0, 0.05) is 17.7 Å². The first-order valence-corrected chi connectivity index (χ1v) is 8.52. The quantitative estimate of drug-likeness (QED) is 0.546. The number of aromatic nitrogens is 1. The molecule has 0 aliphatic carbocycles. The zero-order chi connectivity index (χ0) is 21.2. The number of oxazole rings is 1. The second kappa shape index (κ2) is 8.06. The van der Waals surface area contributed by atoms with Gasteiger partial charge in [0.2, 0.25) is 5.91 Å². The lowest BCUT2D eigenvalue weighted by atomic mass is 9.94. The Hall–Kier alpha value is -3.17. The van der Waals surface area contributed by atoms with Crippen LogP contribution in [0.4, 0.5) is 13.2 Å². The number of hydrogen-bond donors (Lipinski definition) is 3. The van der Waals surface area contributed by atoms with E-state index in [1.807, 2.05) is 0 Å². The molecule has 0 bridgehead atoms. The van der Waals surface area contributed by atoms with Gasteiger partial charge in [0.15, 0.2) is 12.0 Å². The number of carbonyl (C=O) groups is 1. The van der Waals surface area contributed by atoms with Crippen LogP contribution in [-0.4, -0.2) is 27.7 Å². The van der Waals surface area contributed by atoms with Gasteiger partial charge in [0.05, 0.1) is 12.2 Å². The molecule has 1 aromatic heterocycles. The summed E-state index contributed by atoms with van der Waals surface area (Å²) in [5.41, 5.74) is 1.25. The molecule has 1 atom stereocenters. The minimum absolute atomic E-state index is 0.0263. The number of benzene rings is 2. The average molecular weight is 406 g/mol. The zero-order valence-electron chi connectivity index (χ0n) is 15.0. The maximum atomic E-state index is 12.9. The van der Waals surface area contributed by atoms with Gasteiger partial charge in [-0.05, 0) is 35.4 Å². The summed E-state index contributed by atoms with van der Waals surface area (Å²) in [6.45, 7) is 2.73. The molecule has 3 N–H and O–H groups in total. The Morgan fingerprint density at radius 2 is 2.00 bits per heavy atom. The third-order valence-electron chi connectivity index (χ3n) is 4.40. The molecule has 0 unspecified atom stereocenters. The van der Waals surface area contributed by atoms with E-state index in [1.165, 1.54) is 12.1 Å². The number of fused-ring (bicyclic) bond motifs is 1. The zero-order valence-corrected chi connectivity index (χ0v) is 15.0. The fourth-order valence-electron chi connectivity index (χ4n) is 3.01. The predicted octanol–water partition coefficient (Wildman–Crippen LogP) is 3.34. The van der Waals surface area contributed by atoms with E-state index in [9.17, 15) is 28.2 Å². The van der Waals surface area contributed by atoms with Crippen LogP contribution in [-0.2, 0) is 17.5 Å². The number of nitrogens with zero attached hydrogens (tertiary/aromatic N) is 1. The third-order valence-corrected chi connectivity index (χ3v) is 4.40. The van der Waals surface area contributed by atoms with Gasteiger partial charge in [-0.15, -0.1) is 0 Å². The summed E-state index contributed by atoms with van der Waals surface area (Å²) in [5.74, 6) is -0.455. The first-order chi connectivity index (χ1) is 13.8. The number of hydrogen-bond acceptors (Lipinski definition) is 5. The molecule has 0 fully saturated rings. The molecular formula is C20H17F3N2O4. The smallest absolute Gasteiger partial charge is 0.416 e. The summed E-state index contributed by atoms with van der Waals surface area (Å²) in [4.78, 5) is 15.7. The highest BCUT2D eigenvalue weighted by Crippen LogP contribution is 2.37. The molecule has 29 heavy (non-hydrogen) atoms. The van der Waals surface area contributed by atoms with Crippen molar-refractivity contribution < 1.29 is 32.6 Å². The molecule has 1 heterocycles. The van der Waals surface area contributed by atoms with E-state index >= 15 is 0 Å². The molecule has 3 rings (SSSR count). The summed E-state index contributed by atoms with van der Waals surface area (Å²) in [6, 6.07) is 6.11. The van der Waals surface area contributed by atoms with Crippen LogP contribution in [0.3, 0.4) is 0 Å². The lowest BCUT2D eigenvalue weighted by Gasteiger charge is -2.17. The number of carbonyl (C=O) groups excluding carboxylic acids is 1. The summed E-state index contributed by atoms with van der Waals surface area (Å²) in [5, 5.41) is 22.2. The Kier molecular flexibility index (Phi) is 5.71. The van der Waals surface area contributed by atoms with Crippen LogP contribution in [0.1, 0.15) is 22.8 Å². The van der Waals surface area contributed by atoms with E-state index in [4.69, 9.17) is 4.42 Å². The van der Waals surface area contributed by atoms with Crippen molar-refractivity contribution in [3.63, 3.8) is 0 Å². The van der Waals surface area contributed by atoms with Gasteiger partial charge in [-0.25, -0.2) is 4.98 Å². The van der Waals surface area contributed by atoms with Gasteiger partial charge < -0.3 is 19.9 Å². The van der Waals surface area contributed by atoms with E-state index in [2.05, 4.69) is 16.9 Å². The van der Waals surface area contributed by atoms with Gasteiger partial charge in [-0.3, -0.25) is 4.79 Å². The standard InChI is InChI=1S/C20H17F3N2O4/c1-2-16(28)24-8-12-7-14(11-3-5-13(6-4-11)20(21,22)23)18-19(29-10-25-18)17(12)15(27)9-26/h2-7,10,15,26-27H,1,8-9H2,(H,24,28)/t15-/m1/s1. The minimum atomic E-state index is -4.46. The van der Waals surface area contributed by atoms with Gasteiger partial charge >= 0.3 is 6.18 Å². The Morgan fingerprint density at radius 3 is 2.59 bits per heavy atom. The molecule has 2 aromatic carbocycles. The number of aliphatic hydroxyl groups is 2. The van der Waals surface area contributed by atoms with Crippen LogP contribution in [0.15, 0.2) is 53.8 Å². The molecule has 0 aliphatic rings. The van der Waals surface area contributed by atoms with Crippen molar-refractivity contribution in [2.75, 3.05) is 6.61 Å². The Bertz CT molecular complexity index is 1040. The molecule has 0 radical (unpaired) electrons. The van der Waals surface area contributed by atoms with E-state index in [-0.39, 0.29) is 17.7 Å². The van der Waals surface area contributed by atoms with Gasteiger partial charge in [0.25, 0.3) is 0 Å². The SMILES string of the molecule is C=CC(=O)NCc1cc(-c2ccc(C(F)(F)F)cc2)c2ncoc2c1[C@H](O)CO. The second-order valence-electron chi connectivity index (χ2n) is 6.22. The van der Waals surface area contributed by atoms with Gasteiger partial charge in [-0.2, -0.15) is 13.2 Å².